The molecule has 36 heavy (non-hydrogen) atoms. The Hall–Kier alpha value is -3.31. The van der Waals surface area contributed by atoms with Crippen LogP contribution in [-0.2, 0) is 24.2 Å². The SMILES string of the molecule is Cc1ccc(C(C)C)c(OCCCn2c(CCNC(=O)Cc3ccccc3Cl)nc3ccccc32)c1. The molecule has 0 radical (unpaired) electrons. The molecule has 0 saturated carbocycles. The topological polar surface area (TPSA) is 56.1 Å². The lowest BCUT2D eigenvalue weighted by Gasteiger charge is -2.15. The third-order valence-electron chi connectivity index (χ3n) is 6.29. The Balaban J connectivity index is 1.37. The van der Waals surface area contributed by atoms with E-state index in [2.05, 4.69) is 54.9 Å². The summed E-state index contributed by atoms with van der Waals surface area (Å²) in [7, 11) is 0. The summed E-state index contributed by atoms with van der Waals surface area (Å²) in [5.74, 6) is 2.31. The van der Waals surface area contributed by atoms with E-state index in [0.717, 1.165) is 41.1 Å². The number of carbonyl (C=O) groups excluding carboxylic acids is 1. The molecule has 0 fully saturated rings. The summed E-state index contributed by atoms with van der Waals surface area (Å²) in [5, 5.41) is 3.63. The second-order valence-corrected chi connectivity index (χ2v) is 9.84. The minimum Gasteiger partial charge on any atom is -0.493 e. The molecule has 0 bridgehead atoms. The average molecular weight is 504 g/mol. The lowest BCUT2D eigenvalue weighted by Crippen LogP contribution is -2.28. The fourth-order valence-corrected chi connectivity index (χ4v) is 4.61. The number of fused-ring (bicyclic) bond motifs is 1. The van der Waals surface area contributed by atoms with Gasteiger partial charge >= 0.3 is 0 Å². The monoisotopic (exact) mass is 503 g/mol. The zero-order chi connectivity index (χ0) is 25.5. The number of benzene rings is 3. The number of carbonyl (C=O) groups is 1. The maximum absolute atomic E-state index is 12.4. The van der Waals surface area contributed by atoms with Crippen LogP contribution in [0.1, 0.15) is 48.7 Å². The van der Waals surface area contributed by atoms with Gasteiger partial charge in [-0.3, -0.25) is 4.79 Å². The summed E-state index contributed by atoms with van der Waals surface area (Å²) < 4.78 is 8.46. The number of aromatic nitrogens is 2. The van der Waals surface area contributed by atoms with E-state index in [0.29, 0.717) is 30.5 Å². The molecule has 0 unspecified atom stereocenters. The van der Waals surface area contributed by atoms with Crippen LogP contribution >= 0.6 is 11.6 Å². The summed E-state index contributed by atoms with van der Waals surface area (Å²) in [6, 6.07) is 22.0. The lowest BCUT2D eigenvalue weighted by atomic mass is 10.0. The number of halogens is 1. The molecule has 1 amide bonds. The van der Waals surface area contributed by atoms with Crippen LogP contribution in [0.3, 0.4) is 0 Å². The Morgan fingerprint density at radius 1 is 1.08 bits per heavy atom. The fourth-order valence-electron chi connectivity index (χ4n) is 4.41. The highest BCUT2D eigenvalue weighted by Gasteiger charge is 2.13. The quantitative estimate of drug-likeness (QED) is 0.238. The maximum Gasteiger partial charge on any atom is 0.224 e. The molecule has 1 N–H and O–H groups in total. The van der Waals surface area contributed by atoms with Crippen LogP contribution < -0.4 is 10.1 Å². The van der Waals surface area contributed by atoms with Crippen LogP contribution in [0.2, 0.25) is 5.02 Å². The van der Waals surface area contributed by atoms with Gasteiger partial charge in [0.25, 0.3) is 0 Å². The van der Waals surface area contributed by atoms with Crippen molar-refractivity contribution >= 4 is 28.5 Å². The van der Waals surface area contributed by atoms with E-state index in [1.165, 1.54) is 11.1 Å². The van der Waals surface area contributed by atoms with Crippen LogP contribution in [-0.4, -0.2) is 28.6 Å². The Morgan fingerprint density at radius 3 is 2.67 bits per heavy atom. The summed E-state index contributed by atoms with van der Waals surface area (Å²) in [6.45, 7) is 8.41. The van der Waals surface area contributed by atoms with Crippen LogP contribution in [0.5, 0.6) is 5.75 Å². The van der Waals surface area contributed by atoms with Crippen LogP contribution in [0.15, 0.2) is 66.7 Å². The first-order chi connectivity index (χ1) is 17.4. The van der Waals surface area contributed by atoms with Crippen molar-refractivity contribution in [3.05, 3.63) is 94.3 Å². The first kappa shape index (κ1) is 25.8. The van der Waals surface area contributed by atoms with E-state index in [-0.39, 0.29) is 12.3 Å². The van der Waals surface area contributed by atoms with Crippen molar-refractivity contribution in [3.8, 4) is 5.75 Å². The van der Waals surface area contributed by atoms with Crippen LogP contribution in [0.25, 0.3) is 11.0 Å². The lowest BCUT2D eigenvalue weighted by molar-refractivity contribution is -0.120. The first-order valence-corrected chi connectivity index (χ1v) is 13.0. The third kappa shape index (κ3) is 6.46. The van der Waals surface area contributed by atoms with Gasteiger partial charge in [0.2, 0.25) is 5.91 Å². The fraction of sp³-hybridized carbons (Fsp3) is 0.333. The predicted molar refractivity (Wildman–Crippen MR) is 147 cm³/mol. The second-order valence-electron chi connectivity index (χ2n) is 9.43. The van der Waals surface area contributed by atoms with Crippen molar-refractivity contribution in [2.45, 2.75) is 52.5 Å². The zero-order valence-electron chi connectivity index (χ0n) is 21.3. The van der Waals surface area contributed by atoms with E-state index < -0.39 is 0 Å². The van der Waals surface area contributed by atoms with Crippen molar-refractivity contribution in [3.63, 3.8) is 0 Å². The van der Waals surface area contributed by atoms with E-state index in [1.807, 2.05) is 36.4 Å². The molecule has 3 aromatic carbocycles. The van der Waals surface area contributed by atoms with Crippen molar-refractivity contribution in [1.82, 2.24) is 14.9 Å². The van der Waals surface area contributed by atoms with Gasteiger partial charge in [0.15, 0.2) is 0 Å². The summed E-state index contributed by atoms with van der Waals surface area (Å²) in [5.41, 5.74) is 5.35. The second kappa shape index (κ2) is 12.1. The molecule has 0 saturated heterocycles. The number of amides is 1. The molecule has 0 aliphatic carbocycles. The third-order valence-corrected chi connectivity index (χ3v) is 6.66. The largest absolute Gasteiger partial charge is 0.493 e. The molecule has 0 aliphatic heterocycles. The van der Waals surface area contributed by atoms with E-state index in [1.54, 1.807) is 6.07 Å². The average Bonchev–Trinajstić information content (AvgIpc) is 3.20. The van der Waals surface area contributed by atoms with Crippen LogP contribution in [0.4, 0.5) is 0 Å². The van der Waals surface area contributed by atoms with Gasteiger partial charge < -0.3 is 14.6 Å². The molecule has 6 heteroatoms. The van der Waals surface area contributed by atoms with E-state index >= 15 is 0 Å². The minimum atomic E-state index is -0.0433. The normalized spacial score (nSPS) is 11.2. The van der Waals surface area contributed by atoms with Crippen LogP contribution in [0, 0.1) is 6.92 Å². The summed E-state index contributed by atoms with van der Waals surface area (Å²) in [4.78, 5) is 17.3. The van der Waals surface area contributed by atoms with Crippen molar-refractivity contribution in [1.29, 1.82) is 0 Å². The standard InChI is InChI=1S/C30H34ClN3O2/c1-21(2)24-14-13-22(3)19-28(24)36-18-8-17-34-27-12-7-6-11-26(27)33-29(34)15-16-32-30(35)20-23-9-4-5-10-25(23)31/h4-7,9-14,19,21H,8,15-18,20H2,1-3H3,(H,32,35). The van der Waals surface area contributed by atoms with Gasteiger partial charge in [-0.2, -0.15) is 0 Å². The van der Waals surface area contributed by atoms with Gasteiger partial charge in [-0.25, -0.2) is 4.98 Å². The maximum atomic E-state index is 12.4. The molecule has 188 valence electrons. The molecule has 0 aliphatic rings. The number of imidazole rings is 1. The Kier molecular flexibility index (Phi) is 8.65. The Labute approximate surface area is 218 Å². The number of rotatable bonds is 11. The molecule has 4 rings (SSSR count). The molecule has 0 atom stereocenters. The molecular formula is C30H34ClN3O2. The molecule has 1 aromatic heterocycles. The Morgan fingerprint density at radius 2 is 1.86 bits per heavy atom. The predicted octanol–water partition coefficient (Wildman–Crippen LogP) is 6.49. The number of nitrogens with one attached hydrogen (secondary N) is 1. The molecule has 4 aromatic rings. The molecule has 5 nitrogen and oxygen atoms in total. The van der Waals surface area contributed by atoms with Crippen molar-refractivity contribution < 1.29 is 9.53 Å². The first-order valence-electron chi connectivity index (χ1n) is 12.6. The number of aryl methyl sites for hydroxylation is 2. The van der Waals surface area contributed by atoms with Gasteiger partial charge in [-0.1, -0.05) is 67.9 Å². The minimum absolute atomic E-state index is 0.0433. The van der Waals surface area contributed by atoms with Crippen molar-refractivity contribution in [2.24, 2.45) is 0 Å². The highest BCUT2D eigenvalue weighted by molar-refractivity contribution is 6.31. The number of hydrogen-bond donors (Lipinski definition) is 1. The number of ether oxygens (including phenoxy) is 1. The van der Waals surface area contributed by atoms with Gasteiger partial charge in [0.05, 0.1) is 24.1 Å². The Bertz CT molecular complexity index is 1330. The highest BCUT2D eigenvalue weighted by Crippen LogP contribution is 2.27. The van der Waals surface area contributed by atoms with Gasteiger partial charge in [0, 0.05) is 24.5 Å². The van der Waals surface area contributed by atoms with Gasteiger partial charge in [0.1, 0.15) is 11.6 Å². The summed E-state index contributed by atoms with van der Waals surface area (Å²) in [6.07, 6.45) is 1.78. The molecular weight excluding hydrogens is 470 g/mol. The highest BCUT2D eigenvalue weighted by atomic mass is 35.5. The van der Waals surface area contributed by atoms with E-state index in [9.17, 15) is 4.79 Å². The number of hydrogen-bond acceptors (Lipinski definition) is 3. The summed E-state index contributed by atoms with van der Waals surface area (Å²) >= 11 is 6.19. The van der Waals surface area contributed by atoms with Crippen molar-refractivity contribution in [2.75, 3.05) is 13.2 Å². The van der Waals surface area contributed by atoms with Gasteiger partial charge in [-0.05, 0) is 60.2 Å². The smallest absolute Gasteiger partial charge is 0.224 e. The number of para-hydroxylation sites is 2. The van der Waals surface area contributed by atoms with Gasteiger partial charge in [-0.15, -0.1) is 0 Å². The molecule has 1 heterocycles. The molecule has 0 spiro atoms. The number of nitrogens with zero attached hydrogens (tertiary/aromatic N) is 2. The van der Waals surface area contributed by atoms with E-state index in [4.69, 9.17) is 21.3 Å². The zero-order valence-corrected chi connectivity index (χ0v) is 22.0.